The average Bonchev–Trinajstić information content (AvgIpc) is 2.49. The van der Waals surface area contributed by atoms with Gasteiger partial charge in [0.15, 0.2) is 5.78 Å². The summed E-state index contributed by atoms with van der Waals surface area (Å²) in [5, 5.41) is 0. The minimum Gasteiger partial charge on any atom is -0.293 e. The number of carbonyl (C=O) groups is 1. The fourth-order valence-electron chi connectivity index (χ4n) is 3.06. The molecule has 1 fully saturated rings. The van der Waals surface area contributed by atoms with Gasteiger partial charge in [0.25, 0.3) is 0 Å². The second-order valence-electron chi connectivity index (χ2n) is 6.16. The van der Waals surface area contributed by atoms with E-state index in [9.17, 15) is 4.79 Å². The molecule has 0 aromatic heterocycles. The number of likely N-dealkylation sites (tertiary alicyclic amines) is 1. The lowest BCUT2D eigenvalue weighted by Crippen LogP contribution is -2.43. The quantitative estimate of drug-likeness (QED) is 0.747. The zero-order chi connectivity index (χ0) is 14.5. The maximum atomic E-state index is 12.7. The zero-order valence-corrected chi connectivity index (χ0v) is 13.1. The molecule has 1 aromatic rings. The summed E-state index contributed by atoms with van der Waals surface area (Å²) < 4.78 is 0. The highest BCUT2D eigenvalue weighted by Gasteiger charge is 2.26. The number of piperidine rings is 1. The number of carbonyl (C=O) groups excluding carboxylic acids is 1. The van der Waals surface area contributed by atoms with Crippen molar-refractivity contribution in [3.8, 4) is 0 Å². The summed E-state index contributed by atoms with van der Waals surface area (Å²) in [4.78, 5) is 15.1. The monoisotopic (exact) mass is 273 g/mol. The third-order valence-corrected chi connectivity index (χ3v) is 4.38. The molecule has 1 saturated heterocycles. The van der Waals surface area contributed by atoms with Crippen LogP contribution in [0.1, 0.15) is 68.3 Å². The number of hydrogen-bond donors (Lipinski definition) is 0. The Morgan fingerprint density at radius 1 is 1.10 bits per heavy atom. The molecule has 0 aliphatic carbocycles. The summed E-state index contributed by atoms with van der Waals surface area (Å²) in [6.07, 6.45) is 4.68. The van der Waals surface area contributed by atoms with Gasteiger partial charge in [-0.1, -0.05) is 51.5 Å². The molecule has 0 N–H and O–H groups in total. The molecular weight excluding hydrogens is 246 g/mol. The molecule has 1 heterocycles. The predicted molar refractivity (Wildman–Crippen MR) is 84.4 cm³/mol. The topological polar surface area (TPSA) is 20.3 Å². The van der Waals surface area contributed by atoms with E-state index in [4.69, 9.17) is 0 Å². The van der Waals surface area contributed by atoms with E-state index in [2.05, 4.69) is 37.8 Å². The van der Waals surface area contributed by atoms with Crippen molar-refractivity contribution in [3.63, 3.8) is 0 Å². The van der Waals surface area contributed by atoms with Gasteiger partial charge in [-0.05, 0) is 43.8 Å². The van der Waals surface area contributed by atoms with E-state index in [-0.39, 0.29) is 6.04 Å². The Morgan fingerprint density at radius 3 is 2.20 bits per heavy atom. The molecule has 0 radical (unpaired) electrons. The Bertz CT molecular complexity index is 429. The van der Waals surface area contributed by atoms with Crippen LogP contribution in [0, 0.1) is 0 Å². The molecule has 1 aromatic carbocycles. The molecule has 0 spiro atoms. The molecule has 1 aliphatic heterocycles. The maximum absolute atomic E-state index is 12.7. The molecule has 2 heteroatoms. The lowest BCUT2D eigenvalue weighted by atomic mass is 9.95. The van der Waals surface area contributed by atoms with Crippen molar-refractivity contribution in [3.05, 3.63) is 35.4 Å². The Morgan fingerprint density at radius 2 is 1.70 bits per heavy atom. The van der Waals surface area contributed by atoms with Crippen LogP contribution in [0.4, 0.5) is 0 Å². The number of hydrogen-bond acceptors (Lipinski definition) is 2. The third kappa shape index (κ3) is 3.49. The normalized spacial score (nSPS) is 18.2. The van der Waals surface area contributed by atoms with Crippen LogP contribution in [0.5, 0.6) is 0 Å². The van der Waals surface area contributed by atoms with Crippen LogP contribution in [0.15, 0.2) is 24.3 Å². The first-order valence-electron chi connectivity index (χ1n) is 8.01. The highest BCUT2D eigenvalue weighted by Crippen LogP contribution is 2.20. The molecule has 0 amide bonds. The molecular formula is C18H27NO. The second kappa shape index (κ2) is 7.03. The summed E-state index contributed by atoms with van der Waals surface area (Å²) in [5.41, 5.74) is 2.17. The Kier molecular flexibility index (Phi) is 5.36. The number of nitrogens with zero attached hydrogens (tertiary/aromatic N) is 1. The van der Waals surface area contributed by atoms with Crippen LogP contribution in [0.2, 0.25) is 0 Å². The number of rotatable bonds is 5. The smallest absolute Gasteiger partial charge is 0.179 e. The van der Waals surface area contributed by atoms with E-state index in [0.29, 0.717) is 11.7 Å². The minimum absolute atomic E-state index is 0.0696. The average molecular weight is 273 g/mol. The molecule has 2 rings (SSSR count). The molecule has 20 heavy (non-hydrogen) atoms. The van der Waals surface area contributed by atoms with Gasteiger partial charge in [0.1, 0.15) is 0 Å². The van der Waals surface area contributed by atoms with Crippen molar-refractivity contribution in [2.45, 2.75) is 58.4 Å². The van der Waals surface area contributed by atoms with Crippen molar-refractivity contribution >= 4 is 5.78 Å². The first-order chi connectivity index (χ1) is 9.63. The highest BCUT2D eigenvalue weighted by molar-refractivity contribution is 6.00. The third-order valence-electron chi connectivity index (χ3n) is 4.38. The highest BCUT2D eigenvalue weighted by atomic mass is 16.1. The summed E-state index contributed by atoms with van der Waals surface area (Å²) in [7, 11) is 0. The van der Waals surface area contributed by atoms with Gasteiger partial charge in [0.05, 0.1) is 6.04 Å². The van der Waals surface area contributed by atoms with Crippen LogP contribution >= 0.6 is 0 Å². The van der Waals surface area contributed by atoms with E-state index in [1.165, 1.54) is 24.8 Å². The number of Topliss-reactive ketones (excluding diaryl/α,β-unsaturated/α-hetero) is 1. The Labute approximate surface area is 123 Å². The van der Waals surface area contributed by atoms with Gasteiger partial charge in [-0.2, -0.15) is 0 Å². The van der Waals surface area contributed by atoms with Crippen LogP contribution in [-0.2, 0) is 0 Å². The Hall–Kier alpha value is -1.15. The van der Waals surface area contributed by atoms with Crippen molar-refractivity contribution in [2.75, 3.05) is 13.1 Å². The van der Waals surface area contributed by atoms with Gasteiger partial charge < -0.3 is 0 Å². The van der Waals surface area contributed by atoms with Crippen molar-refractivity contribution < 1.29 is 4.79 Å². The molecule has 0 saturated carbocycles. The minimum atomic E-state index is 0.0696. The van der Waals surface area contributed by atoms with E-state index < -0.39 is 0 Å². The van der Waals surface area contributed by atoms with Crippen LogP contribution in [0.3, 0.4) is 0 Å². The van der Waals surface area contributed by atoms with Gasteiger partial charge in [-0.15, -0.1) is 0 Å². The van der Waals surface area contributed by atoms with Crippen LogP contribution < -0.4 is 0 Å². The summed E-state index contributed by atoms with van der Waals surface area (Å²) in [5.74, 6) is 0.813. The van der Waals surface area contributed by atoms with E-state index in [1.807, 2.05) is 12.1 Å². The lowest BCUT2D eigenvalue weighted by Gasteiger charge is -2.33. The van der Waals surface area contributed by atoms with Crippen LogP contribution in [-0.4, -0.2) is 29.8 Å². The van der Waals surface area contributed by atoms with Crippen molar-refractivity contribution in [1.29, 1.82) is 0 Å². The fraction of sp³-hybridized carbons (Fsp3) is 0.611. The first kappa shape index (κ1) is 15.2. The molecule has 1 aliphatic rings. The fourth-order valence-corrected chi connectivity index (χ4v) is 3.06. The van der Waals surface area contributed by atoms with Crippen LogP contribution in [0.25, 0.3) is 0 Å². The Balaban J connectivity index is 2.11. The van der Waals surface area contributed by atoms with Crippen molar-refractivity contribution in [2.24, 2.45) is 0 Å². The number of benzene rings is 1. The molecule has 110 valence electrons. The summed E-state index contributed by atoms with van der Waals surface area (Å²) in [6, 6.07) is 8.27. The number of ketones is 1. The summed E-state index contributed by atoms with van der Waals surface area (Å²) in [6.45, 7) is 8.64. The largest absolute Gasteiger partial charge is 0.293 e. The second-order valence-corrected chi connectivity index (χ2v) is 6.16. The van der Waals surface area contributed by atoms with E-state index in [1.54, 1.807) is 0 Å². The molecule has 2 nitrogen and oxygen atoms in total. The summed E-state index contributed by atoms with van der Waals surface area (Å²) >= 11 is 0. The zero-order valence-electron chi connectivity index (χ0n) is 13.1. The molecule has 0 bridgehead atoms. The SMILES string of the molecule is CCC(C(=O)c1ccc(C(C)C)cc1)N1CCCCC1. The predicted octanol–water partition coefficient (Wildman–Crippen LogP) is 4.26. The molecule has 1 unspecified atom stereocenters. The van der Waals surface area contributed by atoms with Gasteiger partial charge in [0, 0.05) is 5.56 Å². The van der Waals surface area contributed by atoms with E-state index >= 15 is 0 Å². The maximum Gasteiger partial charge on any atom is 0.179 e. The van der Waals surface area contributed by atoms with E-state index in [0.717, 1.165) is 25.1 Å². The van der Waals surface area contributed by atoms with Gasteiger partial charge in [-0.3, -0.25) is 9.69 Å². The first-order valence-corrected chi connectivity index (χ1v) is 8.01. The standard InChI is InChI=1S/C18H27NO/c1-4-17(19-12-6-5-7-13-19)18(20)16-10-8-15(9-11-16)14(2)3/h8-11,14,17H,4-7,12-13H2,1-3H3. The van der Waals surface area contributed by atoms with Gasteiger partial charge in [0.2, 0.25) is 0 Å². The van der Waals surface area contributed by atoms with Gasteiger partial charge >= 0.3 is 0 Å². The van der Waals surface area contributed by atoms with Crippen molar-refractivity contribution in [1.82, 2.24) is 4.90 Å². The van der Waals surface area contributed by atoms with Gasteiger partial charge in [-0.25, -0.2) is 0 Å². The lowest BCUT2D eigenvalue weighted by molar-refractivity contribution is 0.0777. The molecule has 1 atom stereocenters.